The average Bonchev–Trinajstić information content (AvgIpc) is 2.74. The summed E-state index contributed by atoms with van der Waals surface area (Å²) in [6, 6.07) is 9.39. The van der Waals surface area contributed by atoms with Gasteiger partial charge in [0, 0.05) is 23.5 Å². The quantitative estimate of drug-likeness (QED) is 0.468. The van der Waals surface area contributed by atoms with Crippen molar-refractivity contribution in [3.8, 4) is 0 Å². The molecule has 0 unspecified atom stereocenters. The Kier molecular flexibility index (Phi) is 5.71. The molecule has 31 heavy (non-hydrogen) atoms. The van der Waals surface area contributed by atoms with E-state index in [1.807, 2.05) is 6.07 Å². The summed E-state index contributed by atoms with van der Waals surface area (Å²) in [5, 5.41) is 8.27. The molecule has 0 spiro atoms. The maximum Gasteiger partial charge on any atom is 0.263 e. The van der Waals surface area contributed by atoms with E-state index in [0.717, 1.165) is 25.2 Å². The fraction of sp³-hybridized carbons (Fsp3) is 0.190. The molecule has 10 heteroatoms. The third-order valence-corrected chi connectivity index (χ3v) is 6.93. The maximum atomic E-state index is 13.1. The lowest BCUT2D eigenvalue weighted by Gasteiger charge is -2.28. The van der Waals surface area contributed by atoms with Crippen LogP contribution in [0.1, 0.15) is 21.5 Å². The molecule has 2 aliphatic heterocycles. The number of nitrogens with one attached hydrogen (secondary N) is 2. The summed E-state index contributed by atoms with van der Waals surface area (Å²) in [7, 11) is 0. The molecule has 158 valence electrons. The van der Waals surface area contributed by atoms with Gasteiger partial charge in [-0.15, -0.1) is 0 Å². The summed E-state index contributed by atoms with van der Waals surface area (Å²) in [5.74, 6) is 0.512. The van der Waals surface area contributed by atoms with Crippen LogP contribution < -0.4 is 15.5 Å². The minimum Gasteiger partial charge on any atom is -0.324 e. The van der Waals surface area contributed by atoms with Crippen LogP contribution in [-0.4, -0.2) is 28.3 Å². The van der Waals surface area contributed by atoms with E-state index < -0.39 is 0 Å². The molecule has 0 fully saturated rings. The van der Waals surface area contributed by atoms with E-state index in [1.54, 1.807) is 12.1 Å². The van der Waals surface area contributed by atoms with Crippen molar-refractivity contribution in [1.82, 2.24) is 15.3 Å². The van der Waals surface area contributed by atoms with E-state index in [4.69, 9.17) is 34.8 Å². The third-order valence-electron chi connectivity index (χ3n) is 5.16. The van der Waals surface area contributed by atoms with Crippen molar-refractivity contribution in [2.75, 3.05) is 22.6 Å². The highest BCUT2D eigenvalue weighted by Crippen LogP contribution is 2.41. The Balaban J connectivity index is 1.40. The molecule has 1 aromatic heterocycles. The molecule has 1 amide bonds. The van der Waals surface area contributed by atoms with Gasteiger partial charge in [-0.1, -0.05) is 52.6 Å². The number of rotatable bonds is 3. The lowest BCUT2D eigenvalue weighted by atomic mass is 10.0. The number of nitrogens with zero attached hydrogens (tertiary/aromatic N) is 3. The predicted molar refractivity (Wildman–Crippen MR) is 126 cm³/mol. The largest absolute Gasteiger partial charge is 0.324 e. The van der Waals surface area contributed by atoms with Crippen LogP contribution in [0.25, 0.3) is 0 Å². The summed E-state index contributed by atoms with van der Waals surface area (Å²) in [5.41, 5.74) is 4.37. The highest BCUT2D eigenvalue weighted by Gasteiger charge is 2.31. The smallest absolute Gasteiger partial charge is 0.263 e. The Morgan fingerprint density at radius 3 is 2.71 bits per heavy atom. The molecule has 5 rings (SSSR count). The first-order chi connectivity index (χ1) is 15.0. The third kappa shape index (κ3) is 4.08. The number of anilines is 3. The number of thioether (sulfide) groups is 1. The molecule has 0 saturated heterocycles. The van der Waals surface area contributed by atoms with Gasteiger partial charge in [-0.3, -0.25) is 9.69 Å². The first kappa shape index (κ1) is 20.8. The number of aromatic nitrogens is 2. The molecule has 3 heterocycles. The Bertz CT molecular complexity index is 1180. The monoisotopic (exact) mass is 491 g/mol. The Labute approximate surface area is 198 Å². The topological polar surface area (TPSA) is 70.1 Å². The lowest BCUT2D eigenvalue weighted by Crippen LogP contribution is -2.35. The predicted octanol–water partition coefficient (Wildman–Crippen LogP) is 5.54. The Morgan fingerprint density at radius 2 is 1.90 bits per heavy atom. The SMILES string of the molecule is O=C1c2cnc(Nc3ccc4c(c3)CNCC4)nc2SCN1c1c(Cl)cc(Cl)cc1Cl. The van der Waals surface area contributed by atoms with Crippen molar-refractivity contribution >= 4 is 69.8 Å². The van der Waals surface area contributed by atoms with Gasteiger partial charge in [-0.05, 0) is 48.4 Å². The van der Waals surface area contributed by atoms with Gasteiger partial charge in [0.05, 0.1) is 27.2 Å². The zero-order valence-corrected chi connectivity index (χ0v) is 19.2. The highest BCUT2D eigenvalue weighted by molar-refractivity contribution is 7.99. The van der Waals surface area contributed by atoms with E-state index in [0.29, 0.717) is 43.2 Å². The molecule has 3 aromatic rings. The second-order valence-corrected chi connectivity index (χ2v) is 9.36. The van der Waals surface area contributed by atoms with E-state index in [2.05, 4.69) is 32.7 Å². The van der Waals surface area contributed by atoms with E-state index in [1.165, 1.54) is 34.0 Å². The van der Waals surface area contributed by atoms with Crippen LogP contribution in [0.4, 0.5) is 17.3 Å². The number of fused-ring (bicyclic) bond motifs is 2. The highest BCUT2D eigenvalue weighted by atomic mass is 35.5. The zero-order valence-electron chi connectivity index (χ0n) is 16.1. The first-order valence-electron chi connectivity index (χ1n) is 9.55. The molecule has 2 aliphatic rings. The standard InChI is InChI=1S/C21H16Cl3N5OS/c22-13-6-16(23)18(17(24)7-13)29-10-31-19-15(20(29)30)9-26-21(28-19)27-14-2-1-11-3-4-25-8-12(11)5-14/h1-2,5-7,9,25H,3-4,8,10H2,(H,26,27,28). The van der Waals surface area contributed by atoms with Gasteiger partial charge in [0.1, 0.15) is 5.03 Å². The molecule has 0 aliphatic carbocycles. The van der Waals surface area contributed by atoms with Gasteiger partial charge >= 0.3 is 0 Å². The summed E-state index contributed by atoms with van der Waals surface area (Å²) < 4.78 is 0. The summed E-state index contributed by atoms with van der Waals surface area (Å²) in [4.78, 5) is 23.5. The number of hydrogen-bond donors (Lipinski definition) is 2. The van der Waals surface area contributed by atoms with Crippen molar-refractivity contribution in [1.29, 1.82) is 0 Å². The van der Waals surface area contributed by atoms with Crippen molar-refractivity contribution in [2.45, 2.75) is 18.0 Å². The minimum absolute atomic E-state index is 0.258. The van der Waals surface area contributed by atoms with Crippen molar-refractivity contribution in [3.05, 3.63) is 68.3 Å². The van der Waals surface area contributed by atoms with Crippen LogP contribution in [0.15, 0.2) is 41.6 Å². The van der Waals surface area contributed by atoms with Gasteiger partial charge < -0.3 is 10.6 Å². The molecule has 0 bridgehead atoms. The average molecular weight is 493 g/mol. The van der Waals surface area contributed by atoms with Crippen molar-refractivity contribution in [3.63, 3.8) is 0 Å². The maximum absolute atomic E-state index is 13.1. The van der Waals surface area contributed by atoms with Crippen molar-refractivity contribution < 1.29 is 4.79 Å². The van der Waals surface area contributed by atoms with Crippen LogP contribution >= 0.6 is 46.6 Å². The molecular formula is C21H16Cl3N5OS. The summed E-state index contributed by atoms with van der Waals surface area (Å²) >= 11 is 20.0. The van der Waals surface area contributed by atoms with Crippen molar-refractivity contribution in [2.24, 2.45) is 0 Å². The summed E-state index contributed by atoms with van der Waals surface area (Å²) in [6.45, 7) is 1.86. The van der Waals surface area contributed by atoms with Crippen LogP contribution in [0.3, 0.4) is 0 Å². The van der Waals surface area contributed by atoms with Crippen LogP contribution in [0.5, 0.6) is 0 Å². The molecular weight excluding hydrogens is 477 g/mol. The van der Waals surface area contributed by atoms with Crippen LogP contribution in [0.2, 0.25) is 15.1 Å². The van der Waals surface area contributed by atoms with Gasteiger partial charge in [-0.2, -0.15) is 0 Å². The Hall–Kier alpha value is -2.03. The fourth-order valence-electron chi connectivity index (χ4n) is 3.66. The molecule has 6 nitrogen and oxygen atoms in total. The minimum atomic E-state index is -0.258. The number of halogens is 3. The summed E-state index contributed by atoms with van der Waals surface area (Å²) in [6.07, 6.45) is 2.56. The van der Waals surface area contributed by atoms with E-state index >= 15 is 0 Å². The molecule has 0 saturated carbocycles. The number of benzene rings is 2. The second-order valence-electron chi connectivity index (χ2n) is 7.17. The lowest BCUT2D eigenvalue weighted by molar-refractivity contribution is 0.0985. The number of carbonyl (C=O) groups excluding carboxylic acids is 1. The fourth-order valence-corrected chi connectivity index (χ4v) is 5.62. The normalized spacial score (nSPS) is 15.5. The van der Waals surface area contributed by atoms with Gasteiger partial charge in [-0.25, -0.2) is 9.97 Å². The molecule has 2 aromatic carbocycles. The number of hydrogen-bond acceptors (Lipinski definition) is 6. The zero-order chi connectivity index (χ0) is 21.5. The van der Waals surface area contributed by atoms with E-state index in [9.17, 15) is 4.79 Å². The molecule has 0 radical (unpaired) electrons. The van der Waals surface area contributed by atoms with Crippen LogP contribution in [-0.2, 0) is 13.0 Å². The second kappa shape index (κ2) is 8.48. The van der Waals surface area contributed by atoms with Gasteiger partial charge in [0.25, 0.3) is 5.91 Å². The van der Waals surface area contributed by atoms with Gasteiger partial charge in [0.15, 0.2) is 0 Å². The molecule has 0 atom stereocenters. The number of carbonyl (C=O) groups is 1. The van der Waals surface area contributed by atoms with E-state index in [-0.39, 0.29) is 5.91 Å². The number of amides is 1. The molecule has 2 N–H and O–H groups in total. The van der Waals surface area contributed by atoms with Gasteiger partial charge in [0.2, 0.25) is 5.95 Å². The Morgan fingerprint density at radius 1 is 1.10 bits per heavy atom. The first-order valence-corrected chi connectivity index (χ1v) is 11.7. The van der Waals surface area contributed by atoms with Crippen LogP contribution in [0, 0.1) is 0 Å².